The summed E-state index contributed by atoms with van der Waals surface area (Å²) in [6.07, 6.45) is 0. The maximum absolute atomic E-state index is 5.36. The minimum absolute atomic E-state index is 0.345. The largest absolute Gasteiger partial charge is 0.454 e. The predicted octanol–water partition coefficient (Wildman–Crippen LogP) is 1.74. The first kappa shape index (κ1) is 10.6. The molecule has 1 aliphatic heterocycles. The lowest BCUT2D eigenvalue weighted by Crippen LogP contribution is -2.80. The Balaban J connectivity index is 1.58. The number of quaternary nitrogens is 1. The number of rotatable bonds is 4. The van der Waals surface area contributed by atoms with Gasteiger partial charge >= 0.3 is 0 Å². The third-order valence-corrected chi connectivity index (χ3v) is 3.51. The summed E-state index contributed by atoms with van der Waals surface area (Å²) in [5, 5.41) is 6.60. The van der Waals surface area contributed by atoms with Gasteiger partial charge in [0.1, 0.15) is 13.1 Å². The van der Waals surface area contributed by atoms with E-state index in [9.17, 15) is 0 Å². The molecule has 0 unspecified atom stereocenters. The van der Waals surface area contributed by atoms with Crippen LogP contribution in [0.4, 0.5) is 0 Å². The molecule has 0 saturated carbocycles. The van der Waals surface area contributed by atoms with Gasteiger partial charge in [-0.15, -0.1) is 0 Å². The molecule has 0 saturated heterocycles. The fourth-order valence-electron chi connectivity index (χ4n) is 1.88. The van der Waals surface area contributed by atoms with E-state index in [4.69, 9.17) is 9.47 Å². The van der Waals surface area contributed by atoms with Crippen molar-refractivity contribution in [1.82, 2.24) is 0 Å². The molecule has 1 aromatic carbocycles. The van der Waals surface area contributed by atoms with Crippen LogP contribution in [0.15, 0.2) is 35.0 Å². The molecule has 0 spiro atoms. The minimum atomic E-state index is 0.345. The van der Waals surface area contributed by atoms with Crippen molar-refractivity contribution in [3.05, 3.63) is 46.2 Å². The van der Waals surface area contributed by atoms with Gasteiger partial charge in [-0.1, -0.05) is 0 Å². The summed E-state index contributed by atoms with van der Waals surface area (Å²) in [6.45, 7) is 2.34. The van der Waals surface area contributed by atoms with Gasteiger partial charge in [0.15, 0.2) is 11.5 Å². The number of ether oxygens (including phenoxy) is 2. The van der Waals surface area contributed by atoms with E-state index >= 15 is 0 Å². The molecule has 3 nitrogen and oxygen atoms in total. The van der Waals surface area contributed by atoms with Crippen LogP contribution in [0.5, 0.6) is 11.5 Å². The van der Waals surface area contributed by atoms with Gasteiger partial charge < -0.3 is 14.8 Å². The van der Waals surface area contributed by atoms with E-state index in [-0.39, 0.29) is 0 Å². The first-order chi connectivity index (χ1) is 8.42. The van der Waals surface area contributed by atoms with Gasteiger partial charge in [-0.2, -0.15) is 11.3 Å². The van der Waals surface area contributed by atoms with Crippen molar-refractivity contribution in [3.63, 3.8) is 0 Å². The van der Waals surface area contributed by atoms with Crippen LogP contribution in [0, 0.1) is 0 Å². The summed E-state index contributed by atoms with van der Waals surface area (Å²) in [5.41, 5.74) is 2.65. The fourth-order valence-corrected chi connectivity index (χ4v) is 2.56. The van der Waals surface area contributed by atoms with Gasteiger partial charge in [0.25, 0.3) is 0 Å². The number of benzene rings is 1. The average Bonchev–Trinajstić information content (AvgIpc) is 2.98. The molecule has 0 bridgehead atoms. The van der Waals surface area contributed by atoms with E-state index in [1.165, 1.54) is 11.1 Å². The Labute approximate surface area is 104 Å². The molecule has 2 N–H and O–H groups in total. The van der Waals surface area contributed by atoms with Crippen molar-refractivity contribution in [1.29, 1.82) is 0 Å². The lowest BCUT2D eigenvalue weighted by Gasteiger charge is -2.02. The Morgan fingerprint density at radius 2 is 1.94 bits per heavy atom. The minimum Gasteiger partial charge on any atom is -0.454 e. The second-order valence-corrected chi connectivity index (χ2v) is 4.80. The van der Waals surface area contributed by atoms with Gasteiger partial charge in [-0.05, 0) is 35.0 Å². The topological polar surface area (TPSA) is 35.1 Å². The zero-order valence-corrected chi connectivity index (χ0v) is 10.2. The molecule has 2 aromatic rings. The highest BCUT2D eigenvalue weighted by atomic mass is 32.1. The van der Waals surface area contributed by atoms with Crippen molar-refractivity contribution in [2.75, 3.05) is 6.79 Å². The van der Waals surface area contributed by atoms with Crippen molar-refractivity contribution < 1.29 is 14.8 Å². The number of hydrogen-bond donors (Lipinski definition) is 1. The van der Waals surface area contributed by atoms with Crippen molar-refractivity contribution >= 4 is 11.3 Å². The molecule has 2 heterocycles. The summed E-state index contributed by atoms with van der Waals surface area (Å²) in [5.74, 6) is 1.72. The van der Waals surface area contributed by atoms with Gasteiger partial charge in [0.05, 0.1) is 0 Å². The Morgan fingerprint density at radius 3 is 2.82 bits per heavy atom. The Bertz CT molecular complexity index is 496. The second-order valence-electron chi connectivity index (χ2n) is 4.02. The summed E-state index contributed by atoms with van der Waals surface area (Å²) in [6, 6.07) is 8.31. The van der Waals surface area contributed by atoms with Crippen molar-refractivity contribution in [2.45, 2.75) is 13.1 Å². The monoisotopic (exact) mass is 248 g/mol. The van der Waals surface area contributed by atoms with Gasteiger partial charge in [-0.3, -0.25) is 0 Å². The summed E-state index contributed by atoms with van der Waals surface area (Å²) >= 11 is 1.75. The third-order valence-electron chi connectivity index (χ3n) is 2.78. The molecule has 1 aliphatic rings. The molecule has 0 atom stereocenters. The zero-order valence-electron chi connectivity index (χ0n) is 9.39. The lowest BCUT2D eigenvalue weighted by molar-refractivity contribution is -0.686. The fraction of sp³-hybridized carbons (Fsp3) is 0.231. The molecule has 0 radical (unpaired) electrons. The predicted molar refractivity (Wildman–Crippen MR) is 66.2 cm³/mol. The summed E-state index contributed by atoms with van der Waals surface area (Å²) < 4.78 is 10.6. The van der Waals surface area contributed by atoms with E-state index in [1.807, 2.05) is 6.07 Å². The molecular weight excluding hydrogens is 234 g/mol. The van der Waals surface area contributed by atoms with Crippen molar-refractivity contribution in [3.8, 4) is 11.5 Å². The number of nitrogens with two attached hydrogens (primary N) is 1. The Morgan fingerprint density at radius 1 is 1.06 bits per heavy atom. The molecule has 0 aliphatic carbocycles. The van der Waals surface area contributed by atoms with Gasteiger partial charge in [-0.25, -0.2) is 0 Å². The number of thiophene rings is 1. The quantitative estimate of drug-likeness (QED) is 0.894. The van der Waals surface area contributed by atoms with E-state index < -0.39 is 0 Å². The van der Waals surface area contributed by atoms with Crippen LogP contribution in [-0.4, -0.2) is 6.79 Å². The highest BCUT2D eigenvalue weighted by Crippen LogP contribution is 2.32. The van der Waals surface area contributed by atoms with Crippen LogP contribution >= 0.6 is 11.3 Å². The van der Waals surface area contributed by atoms with Gasteiger partial charge in [0.2, 0.25) is 6.79 Å². The second kappa shape index (κ2) is 4.77. The van der Waals surface area contributed by atoms with Crippen LogP contribution in [0.25, 0.3) is 0 Å². The first-order valence-corrected chi connectivity index (χ1v) is 6.57. The SMILES string of the molecule is c1cc(C[NH2+]Cc2ccc3c(c2)OCO3)cs1. The van der Waals surface area contributed by atoms with Gasteiger partial charge in [0, 0.05) is 11.1 Å². The zero-order chi connectivity index (χ0) is 11.5. The van der Waals surface area contributed by atoms with E-state index in [0.717, 1.165) is 24.6 Å². The van der Waals surface area contributed by atoms with E-state index in [1.54, 1.807) is 11.3 Å². The third kappa shape index (κ3) is 2.43. The van der Waals surface area contributed by atoms with E-state index in [0.29, 0.717) is 6.79 Å². The number of fused-ring (bicyclic) bond motifs is 1. The molecule has 17 heavy (non-hydrogen) atoms. The highest BCUT2D eigenvalue weighted by Gasteiger charge is 2.13. The molecule has 3 rings (SSSR count). The van der Waals surface area contributed by atoms with Crippen LogP contribution in [-0.2, 0) is 13.1 Å². The normalized spacial score (nSPS) is 12.9. The maximum atomic E-state index is 5.36. The maximum Gasteiger partial charge on any atom is 0.231 e. The molecule has 4 heteroatoms. The Hall–Kier alpha value is -1.52. The van der Waals surface area contributed by atoms with Crippen LogP contribution < -0.4 is 14.8 Å². The highest BCUT2D eigenvalue weighted by molar-refractivity contribution is 7.07. The molecule has 0 amide bonds. The molecular formula is C13H14NO2S+. The van der Waals surface area contributed by atoms with Crippen LogP contribution in [0.2, 0.25) is 0 Å². The molecule has 1 aromatic heterocycles. The Kier molecular flexibility index (Phi) is 2.98. The summed E-state index contributed by atoms with van der Waals surface area (Å²) in [7, 11) is 0. The van der Waals surface area contributed by atoms with E-state index in [2.05, 4.69) is 34.3 Å². The van der Waals surface area contributed by atoms with Crippen LogP contribution in [0.1, 0.15) is 11.1 Å². The van der Waals surface area contributed by atoms with Crippen LogP contribution in [0.3, 0.4) is 0 Å². The molecule has 0 fully saturated rings. The average molecular weight is 248 g/mol. The standard InChI is InChI=1S/C13H13NO2S/c1-2-12-13(16-9-15-12)5-10(1)6-14-7-11-3-4-17-8-11/h1-5,8,14H,6-7,9H2/p+1. The number of hydrogen-bond acceptors (Lipinski definition) is 3. The van der Waals surface area contributed by atoms with Crippen molar-refractivity contribution in [2.24, 2.45) is 0 Å². The lowest BCUT2D eigenvalue weighted by atomic mass is 10.2. The summed E-state index contributed by atoms with van der Waals surface area (Å²) in [4.78, 5) is 0. The smallest absolute Gasteiger partial charge is 0.231 e. The molecule has 88 valence electrons. The first-order valence-electron chi connectivity index (χ1n) is 5.63.